The van der Waals surface area contributed by atoms with Crippen LogP contribution in [-0.2, 0) is 6.42 Å². The lowest BCUT2D eigenvalue weighted by Crippen LogP contribution is -2.15. The quantitative estimate of drug-likeness (QED) is 0.782. The molecule has 1 atom stereocenters. The zero-order valence-electron chi connectivity index (χ0n) is 15.3. The molecule has 0 radical (unpaired) electrons. The summed E-state index contributed by atoms with van der Waals surface area (Å²) in [6, 6.07) is 12.9. The van der Waals surface area contributed by atoms with Crippen LogP contribution in [0.25, 0.3) is 0 Å². The summed E-state index contributed by atoms with van der Waals surface area (Å²) in [7, 11) is 0. The average molecular weight is 327 g/mol. The van der Waals surface area contributed by atoms with E-state index in [1.807, 2.05) is 19.9 Å². The van der Waals surface area contributed by atoms with Crippen molar-refractivity contribution < 1.29 is 9.47 Å². The van der Waals surface area contributed by atoms with E-state index in [1.165, 1.54) is 22.3 Å². The Hall–Kier alpha value is -2.00. The minimum Gasteiger partial charge on any atom is -0.490 e. The molecule has 0 amide bonds. The first-order valence-corrected chi connectivity index (χ1v) is 8.74. The Morgan fingerprint density at radius 2 is 1.50 bits per heavy atom. The molecule has 2 aromatic rings. The second-order valence-electron chi connectivity index (χ2n) is 6.20. The molecule has 2 aromatic carbocycles. The Morgan fingerprint density at radius 1 is 0.875 bits per heavy atom. The minimum absolute atomic E-state index is 0.265. The van der Waals surface area contributed by atoms with E-state index in [0.29, 0.717) is 19.8 Å². The van der Waals surface area contributed by atoms with Crippen LogP contribution in [0, 0.1) is 13.8 Å². The van der Waals surface area contributed by atoms with Crippen LogP contribution in [0.5, 0.6) is 11.5 Å². The Morgan fingerprint density at radius 3 is 2.08 bits per heavy atom. The summed E-state index contributed by atoms with van der Waals surface area (Å²) in [5, 5.41) is 0. The van der Waals surface area contributed by atoms with E-state index in [9.17, 15) is 0 Å². The second kappa shape index (κ2) is 8.74. The molecule has 3 heteroatoms. The van der Waals surface area contributed by atoms with E-state index in [0.717, 1.165) is 17.9 Å². The number of ether oxygens (including phenoxy) is 2. The number of rotatable bonds is 8. The largest absolute Gasteiger partial charge is 0.490 e. The first kappa shape index (κ1) is 18.3. The van der Waals surface area contributed by atoms with E-state index in [1.54, 1.807) is 0 Å². The third-order valence-electron chi connectivity index (χ3n) is 4.09. The van der Waals surface area contributed by atoms with Crippen LogP contribution in [0.2, 0.25) is 0 Å². The summed E-state index contributed by atoms with van der Waals surface area (Å²) in [4.78, 5) is 0. The molecule has 130 valence electrons. The molecule has 1 unspecified atom stereocenters. The first-order chi connectivity index (χ1) is 11.6. The molecular weight excluding hydrogens is 298 g/mol. The highest BCUT2D eigenvalue weighted by Crippen LogP contribution is 2.32. The third-order valence-corrected chi connectivity index (χ3v) is 4.09. The summed E-state index contributed by atoms with van der Waals surface area (Å²) in [6.07, 6.45) is 0.929. The molecule has 2 N–H and O–H groups in total. The Kier molecular flexibility index (Phi) is 6.68. The van der Waals surface area contributed by atoms with Gasteiger partial charge in [0.15, 0.2) is 11.5 Å². The van der Waals surface area contributed by atoms with Gasteiger partial charge in [0.05, 0.1) is 13.2 Å². The molecule has 0 saturated carbocycles. The van der Waals surface area contributed by atoms with Gasteiger partial charge in [-0.2, -0.15) is 0 Å². The molecule has 0 fully saturated rings. The molecule has 0 aliphatic carbocycles. The molecule has 0 aliphatic heterocycles. The van der Waals surface area contributed by atoms with E-state index < -0.39 is 0 Å². The fraction of sp³-hybridized carbons (Fsp3) is 0.429. The van der Waals surface area contributed by atoms with Gasteiger partial charge in [0, 0.05) is 5.92 Å². The van der Waals surface area contributed by atoms with Gasteiger partial charge in [0.25, 0.3) is 0 Å². The van der Waals surface area contributed by atoms with Gasteiger partial charge < -0.3 is 15.2 Å². The molecule has 3 nitrogen and oxygen atoms in total. The first-order valence-electron chi connectivity index (χ1n) is 8.74. The van der Waals surface area contributed by atoms with Crippen LogP contribution < -0.4 is 15.2 Å². The van der Waals surface area contributed by atoms with Crippen molar-refractivity contribution in [2.24, 2.45) is 5.73 Å². The number of hydrogen-bond acceptors (Lipinski definition) is 3. The van der Waals surface area contributed by atoms with Crippen LogP contribution in [0.4, 0.5) is 0 Å². The lowest BCUT2D eigenvalue weighted by molar-refractivity contribution is 0.287. The van der Waals surface area contributed by atoms with Crippen molar-refractivity contribution in [1.82, 2.24) is 0 Å². The van der Waals surface area contributed by atoms with Crippen molar-refractivity contribution >= 4 is 0 Å². The fourth-order valence-corrected chi connectivity index (χ4v) is 3.13. The Balaban J connectivity index is 2.27. The van der Waals surface area contributed by atoms with Crippen LogP contribution >= 0.6 is 0 Å². The summed E-state index contributed by atoms with van der Waals surface area (Å²) < 4.78 is 11.4. The van der Waals surface area contributed by atoms with Gasteiger partial charge in [-0.05, 0) is 63.9 Å². The van der Waals surface area contributed by atoms with Gasteiger partial charge in [0.2, 0.25) is 0 Å². The summed E-state index contributed by atoms with van der Waals surface area (Å²) in [5.41, 5.74) is 11.2. The Bertz CT molecular complexity index is 647. The van der Waals surface area contributed by atoms with E-state index in [2.05, 4.69) is 44.2 Å². The maximum absolute atomic E-state index is 6.08. The molecule has 0 spiro atoms. The molecule has 2 rings (SSSR count). The monoisotopic (exact) mass is 327 g/mol. The predicted octanol–water partition coefficient (Wildman–Crippen LogP) is 4.39. The van der Waals surface area contributed by atoms with Gasteiger partial charge in [-0.3, -0.25) is 0 Å². The maximum atomic E-state index is 6.08. The highest BCUT2D eigenvalue weighted by Gasteiger charge is 2.15. The minimum atomic E-state index is 0.265. The molecule has 0 saturated heterocycles. The van der Waals surface area contributed by atoms with Crippen molar-refractivity contribution in [3.63, 3.8) is 0 Å². The highest BCUT2D eigenvalue weighted by atomic mass is 16.5. The normalized spacial score (nSPS) is 12.0. The van der Waals surface area contributed by atoms with Crippen molar-refractivity contribution in [1.29, 1.82) is 0 Å². The van der Waals surface area contributed by atoms with Crippen molar-refractivity contribution in [2.75, 3.05) is 19.8 Å². The van der Waals surface area contributed by atoms with Gasteiger partial charge in [-0.15, -0.1) is 0 Å². The second-order valence-corrected chi connectivity index (χ2v) is 6.20. The topological polar surface area (TPSA) is 44.5 Å². The van der Waals surface area contributed by atoms with Crippen LogP contribution in [0.3, 0.4) is 0 Å². The van der Waals surface area contributed by atoms with Gasteiger partial charge in [-0.1, -0.05) is 35.4 Å². The van der Waals surface area contributed by atoms with E-state index in [4.69, 9.17) is 15.2 Å². The number of benzene rings is 2. The third kappa shape index (κ3) is 4.75. The van der Waals surface area contributed by atoms with Gasteiger partial charge in [-0.25, -0.2) is 0 Å². The van der Waals surface area contributed by atoms with Crippen molar-refractivity contribution in [3.8, 4) is 11.5 Å². The molecule has 0 heterocycles. The van der Waals surface area contributed by atoms with Gasteiger partial charge in [0.1, 0.15) is 0 Å². The van der Waals surface area contributed by atoms with E-state index >= 15 is 0 Å². The molecular formula is C21H29NO2. The van der Waals surface area contributed by atoms with E-state index in [-0.39, 0.29) is 5.92 Å². The maximum Gasteiger partial charge on any atom is 0.161 e. The predicted molar refractivity (Wildman–Crippen MR) is 100 cm³/mol. The van der Waals surface area contributed by atoms with Crippen LogP contribution in [0.15, 0.2) is 36.4 Å². The zero-order valence-corrected chi connectivity index (χ0v) is 15.3. The Labute approximate surface area is 145 Å². The number of hydrogen-bond donors (Lipinski definition) is 1. The smallest absolute Gasteiger partial charge is 0.161 e. The number of aryl methyl sites for hydroxylation is 2. The van der Waals surface area contributed by atoms with Crippen LogP contribution in [-0.4, -0.2) is 19.8 Å². The summed E-state index contributed by atoms with van der Waals surface area (Å²) in [6.45, 7) is 10.1. The molecule has 0 aliphatic rings. The molecule has 0 aromatic heterocycles. The summed E-state index contributed by atoms with van der Waals surface area (Å²) >= 11 is 0. The molecule has 0 bridgehead atoms. The average Bonchev–Trinajstić information content (AvgIpc) is 2.54. The SMILES string of the molecule is CCOc1ccc(C(CN)Cc2cc(C)cc(C)c2)cc1OCC. The van der Waals surface area contributed by atoms with Crippen molar-refractivity contribution in [2.45, 2.75) is 40.0 Å². The lowest BCUT2D eigenvalue weighted by Gasteiger charge is -2.19. The zero-order chi connectivity index (χ0) is 17.5. The molecule has 24 heavy (non-hydrogen) atoms. The highest BCUT2D eigenvalue weighted by molar-refractivity contribution is 5.44. The van der Waals surface area contributed by atoms with Crippen LogP contribution in [0.1, 0.15) is 42.0 Å². The fourth-order valence-electron chi connectivity index (χ4n) is 3.13. The summed E-state index contributed by atoms with van der Waals surface area (Å²) in [5.74, 6) is 1.86. The number of nitrogens with two attached hydrogens (primary N) is 1. The van der Waals surface area contributed by atoms with Gasteiger partial charge >= 0.3 is 0 Å². The lowest BCUT2D eigenvalue weighted by atomic mass is 9.90. The van der Waals surface area contributed by atoms with Crippen molar-refractivity contribution in [3.05, 3.63) is 58.7 Å². The standard InChI is InChI=1S/C21H29NO2/c1-5-23-20-8-7-18(13-21(20)24-6-2)19(14-22)12-17-10-15(3)9-16(4)11-17/h7-11,13,19H,5-6,12,14,22H2,1-4H3.